The lowest BCUT2D eigenvalue weighted by atomic mass is 10.1. The third-order valence-corrected chi connectivity index (χ3v) is 3.71. The highest BCUT2D eigenvalue weighted by molar-refractivity contribution is 5.80. The Labute approximate surface area is 141 Å². The number of aliphatic hydroxyl groups excluding tert-OH is 1. The fraction of sp³-hybridized carbons (Fsp3) is 0.529. The highest BCUT2D eigenvalue weighted by Crippen LogP contribution is 2.06. The van der Waals surface area contributed by atoms with E-state index in [0.29, 0.717) is 13.2 Å². The summed E-state index contributed by atoms with van der Waals surface area (Å²) in [5, 5.41) is 15.1. The number of nitrogens with one attached hydrogen (secondary N) is 2. The number of ether oxygens (including phenoxy) is 2. The second kappa shape index (κ2) is 9.89. The SMILES string of the molecule is O=C(NCC[C@H](O)C(=O)NC1CCCOC1)OCc1ccccc1. The molecule has 0 aliphatic carbocycles. The van der Waals surface area contributed by atoms with Crippen LogP contribution >= 0.6 is 0 Å². The van der Waals surface area contributed by atoms with Crippen molar-refractivity contribution in [1.29, 1.82) is 0 Å². The molecule has 3 N–H and O–H groups in total. The van der Waals surface area contributed by atoms with Gasteiger partial charge in [0.2, 0.25) is 5.91 Å². The number of rotatable bonds is 7. The van der Waals surface area contributed by atoms with Gasteiger partial charge in [-0.1, -0.05) is 30.3 Å². The van der Waals surface area contributed by atoms with Crippen molar-refractivity contribution in [2.24, 2.45) is 0 Å². The van der Waals surface area contributed by atoms with Crippen LogP contribution in [0, 0.1) is 0 Å². The maximum Gasteiger partial charge on any atom is 0.407 e. The van der Waals surface area contributed by atoms with Crippen molar-refractivity contribution < 1.29 is 24.2 Å². The second-order valence-corrected chi connectivity index (χ2v) is 5.72. The van der Waals surface area contributed by atoms with E-state index in [0.717, 1.165) is 18.4 Å². The summed E-state index contributed by atoms with van der Waals surface area (Å²) in [6.07, 6.45) is 0.131. The first-order chi connectivity index (χ1) is 11.6. The van der Waals surface area contributed by atoms with E-state index in [9.17, 15) is 14.7 Å². The largest absolute Gasteiger partial charge is 0.445 e. The second-order valence-electron chi connectivity index (χ2n) is 5.72. The lowest BCUT2D eigenvalue weighted by Gasteiger charge is -2.24. The average molecular weight is 336 g/mol. The molecule has 0 spiro atoms. The van der Waals surface area contributed by atoms with Gasteiger partial charge in [0.25, 0.3) is 0 Å². The molecule has 2 amide bonds. The molecule has 2 atom stereocenters. The molecule has 0 bridgehead atoms. The Morgan fingerprint density at radius 2 is 2.12 bits per heavy atom. The van der Waals surface area contributed by atoms with Gasteiger partial charge in [-0.05, 0) is 24.8 Å². The monoisotopic (exact) mass is 336 g/mol. The molecule has 1 aromatic carbocycles. The highest BCUT2D eigenvalue weighted by Gasteiger charge is 2.21. The summed E-state index contributed by atoms with van der Waals surface area (Å²) in [6.45, 7) is 1.52. The number of carbonyl (C=O) groups excluding carboxylic acids is 2. The van der Waals surface area contributed by atoms with Crippen molar-refractivity contribution in [2.75, 3.05) is 19.8 Å². The Bertz CT molecular complexity index is 517. The first-order valence-electron chi connectivity index (χ1n) is 8.16. The zero-order chi connectivity index (χ0) is 17.2. The van der Waals surface area contributed by atoms with E-state index >= 15 is 0 Å². The molecule has 7 nitrogen and oxygen atoms in total. The fourth-order valence-corrected chi connectivity index (χ4v) is 2.37. The van der Waals surface area contributed by atoms with Crippen LogP contribution in [0.5, 0.6) is 0 Å². The van der Waals surface area contributed by atoms with Crippen molar-refractivity contribution in [1.82, 2.24) is 10.6 Å². The van der Waals surface area contributed by atoms with E-state index in [-0.39, 0.29) is 25.6 Å². The van der Waals surface area contributed by atoms with E-state index < -0.39 is 18.1 Å². The summed E-state index contributed by atoms with van der Waals surface area (Å²) in [6, 6.07) is 9.28. The summed E-state index contributed by atoms with van der Waals surface area (Å²) in [5.74, 6) is -0.440. The van der Waals surface area contributed by atoms with Gasteiger partial charge in [0.15, 0.2) is 0 Å². The van der Waals surface area contributed by atoms with Gasteiger partial charge in [-0.3, -0.25) is 4.79 Å². The maximum absolute atomic E-state index is 11.8. The molecule has 0 radical (unpaired) electrons. The minimum absolute atomic E-state index is 0.0512. The number of aliphatic hydroxyl groups is 1. The van der Waals surface area contributed by atoms with Crippen LogP contribution in [0.15, 0.2) is 30.3 Å². The Morgan fingerprint density at radius 1 is 1.33 bits per heavy atom. The Kier molecular flexibility index (Phi) is 7.51. The quantitative estimate of drug-likeness (QED) is 0.689. The summed E-state index contributed by atoms with van der Waals surface area (Å²) in [4.78, 5) is 23.4. The molecule has 1 aliphatic rings. The smallest absolute Gasteiger partial charge is 0.407 e. The number of hydrogen-bond acceptors (Lipinski definition) is 5. The van der Waals surface area contributed by atoms with Crippen LogP contribution in [0.3, 0.4) is 0 Å². The molecule has 1 unspecified atom stereocenters. The predicted octanol–water partition coefficient (Wildman–Crippen LogP) is 0.959. The molecule has 1 heterocycles. The highest BCUT2D eigenvalue weighted by atomic mass is 16.5. The maximum atomic E-state index is 11.8. The van der Waals surface area contributed by atoms with E-state index in [1.165, 1.54) is 0 Å². The first-order valence-corrected chi connectivity index (χ1v) is 8.16. The summed E-state index contributed by atoms with van der Waals surface area (Å²) in [7, 11) is 0. The molecule has 1 aliphatic heterocycles. The van der Waals surface area contributed by atoms with E-state index in [4.69, 9.17) is 9.47 Å². The molecule has 1 saturated heterocycles. The van der Waals surface area contributed by atoms with Crippen LogP contribution < -0.4 is 10.6 Å². The number of carbonyl (C=O) groups is 2. The molecule has 0 saturated carbocycles. The van der Waals surface area contributed by atoms with Gasteiger partial charge >= 0.3 is 6.09 Å². The molecule has 7 heteroatoms. The van der Waals surface area contributed by atoms with Crippen LogP contribution in [0.4, 0.5) is 4.79 Å². The van der Waals surface area contributed by atoms with Crippen LogP contribution in [0.1, 0.15) is 24.8 Å². The zero-order valence-electron chi connectivity index (χ0n) is 13.6. The normalized spacial score (nSPS) is 18.5. The van der Waals surface area contributed by atoms with E-state index in [1.807, 2.05) is 30.3 Å². The Morgan fingerprint density at radius 3 is 2.83 bits per heavy atom. The Balaban J connectivity index is 1.58. The van der Waals surface area contributed by atoms with E-state index in [1.54, 1.807) is 0 Å². The van der Waals surface area contributed by atoms with Crippen LogP contribution in [-0.2, 0) is 20.9 Å². The van der Waals surface area contributed by atoms with Crippen molar-refractivity contribution in [3.8, 4) is 0 Å². The molecule has 24 heavy (non-hydrogen) atoms. The van der Waals surface area contributed by atoms with Gasteiger partial charge in [-0.15, -0.1) is 0 Å². The molecule has 1 fully saturated rings. The number of amides is 2. The number of benzene rings is 1. The summed E-state index contributed by atoms with van der Waals surface area (Å²) >= 11 is 0. The third-order valence-electron chi connectivity index (χ3n) is 3.71. The molecule has 0 aromatic heterocycles. The van der Waals surface area contributed by atoms with Crippen molar-refractivity contribution in [2.45, 2.75) is 38.0 Å². The third kappa shape index (κ3) is 6.55. The lowest BCUT2D eigenvalue weighted by Crippen LogP contribution is -2.46. The van der Waals surface area contributed by atoms with Crippen LogP contribution in [0.2, 0.25) is 0 Å². The molecular weight excluding hydrogens is 312 g/mol. The van der Waals surface area contributed by atoms with E-state index in [2.05, 4.69) is 10.6 Å². The van der Waals surface area contributed by atoms with Crippen molar-refractivity contribution in [3.05, 3.63) is 35.9 Å². The standard InChI is InChI=1S/C17H24N2O5/c20-15(16(21)19-14-7-4-10-23-12-14)8-9-18-17(22)24-11-13-5-2-1-3-6-13/h1-3,5-6,14-15,20H,4,7-12H2,(H,18,22)(H,19,21)/t14?,15-/m0/s1. The van der Waals surface area contributed by atoms with Crippen LogP contribution in [-0.4, -0.2) is 49.0 Å². The Hall–Kier alpha value is -2.12. The summed E-state index contributed by atoms with van der Waals surface area (Å²) in [5.41, 5.74) is 0.891. The molecular formula is C17H24N2O5. The fourth-order valence-electron chi connectivity index (χ4n) is 2.37. The first kappa shape index (κ1) is 18.2. The topological polar surface area (TPSA) is 96.9 Å². The minimum atomic E-state index is -1.17. The molecule has 2 rings (SSSR count). The van der Waals surface area contributed by atoms with Crippen molar-refractivity contribution >= 4 is 12.0 Å². The average Bonchev–Trinajstić information content (AvgIpc) is 2.61. The molecule has 1 aromatic rings. The van der Waals surface area contributed by atoms with Gasteiger partial charge < -0.3 is 25.2 Å². The van der Waals surface area contributed by atoms with Gasteiger partial charge in [-0.2, -0.15) is 0 Å². The predicted molar refractivity (Wildman–Crippen MR) is 87.2 cm³/mol. The number of alkyl carbamates (subject to hydrolysis) is 1. The molecule has 132 valence electrons. The zero-order valence-corrected chi connectivity index (χ0v) is 13.6. The minimum Gasteiger partial charge on any atom is -0.445 e. The van der Waals surface area contributed by atoms with Gasteiger partial charge in [0.1, 0.15) is 12.7 Å². The number of hydrogen-bond donors (Lipinski definition) is 3. The van der Waals surface area contributed by atoms with Gasteiger partial charge in [0.05, 0.1) is 12.6 Å². The van der Waals surface area contributed by atoms with Gasteiger partial charge in [-0.25, -0.2) is 4.79 Å². The lowest BCUT2D eigenvalue weighted by molar-refractivity contribution is -0.131. The van der Waals surface area contributed by atoms with Crippen LogP contribution in [0.25, 0.3) is 0 Å². The van der Waals surface area contributed by atoms with Gasteiger partial charge in [0, 0.05) is 13.2 Å². The van der Waals surface area contributed by atoms with Crippen molar-refractivity contribution in [3.63, 3.8) is 0 Å². The summed E-state index contributed by atoms with van der Waals surface area (Å²) < 4.78 is 10.3.